The summed E-state index contributed by atoms with van der Waals surface area (Å²) in [6.07, 6.45) is 0. The minimum Gasteiger partial charge on any atom is -0.478 e. The highest BCUT2D eigenvalue weighted by Gasteiger charge is 2.15. The van der Waals surface area contributed by atoms with E-state index in [0.29, 0.717) is 5.52 Å². The number of carboxylic acids is 1. The average molecular weight is 249 g/mol. The second-order valence-corrected chi connectivity index (χ2v) is 3.69. The zero-order valence-electron chi connectivity index (χ0n) is 9.56. The van der Waals surface area contributed by atoms with Crippen LogP contribution < -0.4 is 11.0 Å². The van der Waals surface area contributed by atoms with E-state index in [0.717, 1.165) is 0 Å². The van der Waals surface area contributed by atoms with Gasteiger partial charge in [0.1, 0.15) is 6.54 Å². The van der Waals surface area contributed by atoms with E-state index in [4.69, 9.17) is 5.11 Å². The van der Waals surface area contributed by atoms with Crippen LogP contribution in [-0.2, 0) is 11.3 Å². The number of rotatable bonds is 3. The van der Waals surface area contributed by atoms with E-state index < -0.39 is 11.7 Å². The van der Waals surface area contributed by atoms with E-state index in [1.807, 2.05) is 0 Å². The molecule has 0 aliphatic carbocycles. The van der Waals surface area contributed by atoms with Gasteiger partial charge in [-0.1, -0.05) is 6.07 Å². The van der Waals surface area contributed by atoms with Gasteiger partial charge in [0, 0.05) is 7.05 Å². The Hall–Kier alpha value is -2.57. The van der Waals surface area contributed by atoms with Crippen LogP contribution in [0.4, 0.5) is 0 Å². The van der Waals surface area contributed by atoms with Gasteiger partial charge in [-0.2, -0.15) is 0 Å². The molecule has 18 heavy (non-hydrogen) atoms. The Balaban J connectivity index is 2.66. The predicted molar refractivity (Wildman–Crippen MR) is 63.6 cm³/mol. The zero-order chi connectivity index (χ0) is 13.3. The van der Waals surface area contributed by atoms with Gasteiger partial charge in [-0.3, -0.25) is 9.36 Å². The fraction of sp³-hybridized carbons (Fsp3) is 0.182. The number of aromatic carboxylic acids is 1. The maximum atomic E-state index is 11.7. The van der Waals surface area contributed by atoms with E-state index >= 15 is 0 Å². The van der Waals surface area contributed by atoms with Crippen LogP contribution >= 0.6 is 0 Å². The van der Waals surface area contributed by atoms with Crippen LogP contribution in [0, 0.1) is 0 Å². The van der Waals surface area contributed by atoms with Crippen molar-refractivity contribution in [3.05, 3.63) is 34.2 Å². The Kier molecular flexibility index (Phi) is 2.88. The number of fused-ring (bicyclic) bond motifs is 1. The molecule has 1 aromatic carbocycles. The predicted octanol–water partition coefficient (Wildman–Crippen LogP) is -0.226. The molecule has 1 aromatic heterocycles. The highest BCUT2D eigenvalue weighted by molar-refractivity contribution is 6.01. The maximum Gasteiger partial charge on any atom is 0.337 e. The first-order valence-corrected chi connectivity index (χ1v) is 5.20. The SMILES string of the molecule is CNC(=O)Cn1c(=O)[nH]c2c(C(=O)O)cccc21. The van der Waals surface area contributed by atoms with Crippen LogP contribution in [0.5, 0.6) is 0 Å². The summed E-state index contributed by atoms with van der Waals surface area (Å²) in [6, 6.07) is 4.51. The molecule has 0 spiro atoms. The molecule has 0 fully saturated rings. The molecule has 2 rings (SSSR count). The van der Waals surface area contributed by atoms with Crippen molar-refractivity contribution in [2.45, 2.75) is 6.54 Å². The van der Waals surface area contributed by atoms with Crippen molar-refractivity contribution in [2.75, 3.05) is 7.05 Å². The topological polar surface area (TPSA) is 104 Å². The number of nitrogens with zero attached hydrogens (tertiary/aromatic N) is 1. The largest absolute Gasteiger partial charge is 0.478 e. The van der Waals surface area contributed by atoms with Crippen LogP contribution in [0.25, 0.3) is 11.0 Å². The number of aromatic nitrogens is 2. The van der Waals surface area contributed by atoms with Crippen LogP contribution in [0.2, 0.25) is 0 Å². The average Bonchev–Trinajstić information content (AvgIpc) is 2.65. The number of likely N-dealkylation sites (N-methyl/N-ethyl adjacent to an activating group) is 1. The number of amides is 1. The van der Waals surface area contributed by atoms with Gasteiger partial charge in [-0.25, -0.2) is 9.59 Å². The van der Waals surface area contributed by atoms with Gasteiger partial charge in [0.25, 0.3) is 0 Å². The first kappa shape index (κ1) is 11.9. The summed E-state index contributed by atoms with van der Waals surface area (Å²) >= 11 is 0. The molecule has 0 radical (unpaired) electrons. The molecule has 94 valence electrons. The maximum absolute atomic E-state index is 11.7. The number of benzene rings is 1. The molecule has 3 N–H and O–H groups in total. The Morgan fingerprint density at radius 1 is 1.44 bits per heavy atom. The molecule has 1 amide bonds. The van der Waals surface area contributed by atoms with Crippen LogP contribution in [0.3, 0.4) is 0 Å². The smallest absolute Gasteiger partial charge is 0.337 e. The molecule has 2 aromatic rings. The molecular formula is C11H11N3O4. The van der Waals surface area contributed by atoms with Gasteiger partial charge in [0.05, 0.1) is 16.6 Å². The lowest BCUT2D eigenvalue weighted by atomic mass is 10.2. The Labute approximate surface area is 101 Å². The molecular weight excluding hydrogens is 238 g/mol. The summed E-state index contributed by atoms with van der Waals surface area (Å²) in [4.78, 5) is 36.4. The third kappa shape index (κ3) is 1.86. The van der Waals surface area contributed by atoms with Gasteiger partial charge in [0.2, 0.25) is 5.91 Å². The minimum atomic E-state index is -1.13. The number of carbonyl (C=O) groups excluding carboxylic acids is 1. The van der Waals surface area contributed by atoms with E-state index in [1.165, 1.54) is 23.7 Å². The van der Waals surface area contributed by atoms with Crippen molar-refractivity contribution in [3.8, 4) is 0 Å². The molecule has 7 heteroatoms. The molecule has 1 heterocycles. The summed E-state index contributed by atoms with van der Waals surface area (Å²) < 4.78 is 1.20. The standard InChI is InChI=1S/C11H11N3O4/c1-12-8(15)5-14-7-4-2-3-6(10(16)17)9(7)13-11(14)18/h2-4H,5H2,1H3,(H,12,15)(H,13,18)(H,16,17). The number of nitrogens with one attached hydrogen (secondary N) is 2. The van der Waals surface area contributed by atoms with E-state index in [-0.39, 0.29) is 23.5 Å². The Morgan fingerprint density at radius 3 is 2.78 bits per heavy atom. The molecule has 0 bridgehead atoms. The fourth-order valence-corrected chi connectivity index (χ4v) is 1.74. The number of carbonyl (C=O) groups is 2. The lowest BCUT2D eigenvalue weighted by Gasteiger charge is -2.02. The first-order chi connectivity index (χ1) is 8.54. The zero-order valence-corrected chi connectivity index (χ0v) is 9.56. The van der Waals surface area contributed by atoms with Gasteiger partial charge in [0.15, 0.2) is 0 Å². The van der Waals surface area contributed by atoms with E-state index in [2.05, 4.69) is 10.3 Å². The van der Waals surface area contributed by atoms with Crippen molar-refractivity contribution in [1.29, 1.82) is 0 Å². The summed E-state index contributed by atoms with van der Waals surface area (Å²) in [5.41, 5.74) is 0.102. The number of hydrogen-bond acceptors (Lipinski definition) is 3. The van der Waals surface area contributed by atoms with Crippen molar-refractivity contribution < 1.29 is 14.7 Å². The van der Waals surface area contributed by atoms with Crippen molar-refractivity contribution in [1.82, 2.24) is 14.9 Å². The quantitative estimate of drug-likeness (QED) is 0.699. The summed E-state index contributed by atoms with van der Waals surface area (Å²) in [5, 5.41) is 11.4. The van der Waals surface area contributed by atoms with Crippen LogP contribution in [-0.4, -0.2) is 33.6 Å². The molecule has 0 saturated heterocycles. The normalized spacial score (nSPS) is 10.5. The summed E-state index contributed by atoms with van der Waals surface area (Å²) in [5.74, 6) is -1.47. The molecule has 0 aliphatic rings. The minimum absolute atomic E-state index is 0.000238. The lowest BCUT2D eigenvalue weighted by molar-refractivity contribution is -0.121. The van der Waals surface area contributed by atoms with Gasteiger partial charge in [-0.15, -0.1) is 0 Å². The summed E-state index contributed by atoms with van der Waals surface area (Å²) in [6.45, 7) is -0.154. The third-order valence-corrected chi connectivity index (χ3v) is 2.62. The monoisotopic (exact) mass is 249 g/mol. The van der Waals surface area contributed by atoms with E-state index in [1.54, 1.807) is 6.07 Å². The summed E-state index contributed by atoms with van der Waals surface area (Å²) in [7, 11) is 1.46. The number of aromatic amines is 1. The van der Waals surface area contributed by atoms with Crippen molar-refractivity contribution in [3.63, 3.8) is 0 Å². The molecule has 0 unspecified atom stereocenters. The molecule has 7 nitrogen and oxygen atoms in total. The van der Waals surface area contributed by atoms with Gasteiger partial charge in [-0.05, 0) is 12.1 Å². The highest BCUT2D eigenvalue weighted by atomic mass is 16.4. The van der Waals surface area contributed by atoms with Crippen molar-refractivity contribution in [2.24, 2.45) is 0 Å². The first-order valence-electron chi connectivity index (χ1n) is 5.20. The van der Waals surface area contributed by atoms with E-state index in [9.17, 15) is 14.4 Å². The number of para-hydroxylation sites is 1. The highest BCUT2D eigenvalue weighted by Crippen LogP contribution is 2.15. The molecule has 0 atom stereocenters. The second-order valence-electron chi connectivity index (χ2n) is 3.69. The number of carboxylic acid groups (broad SMARTS) is 1. The Bertz CT molecular complexity index is 683. The third-order valence-electron chi connectivity index (χ3n) is 2.62. The second kappa shape index (κ2) is 4.36. The van der Waals surface area contributed by atoms with Gasteiger partial charge >= 0.3 is 11.7 Å². The lowest BCUT2D eigenvalue weighted by Crippen LogP contribution is -2.28. The van der Waals surface area contributed by atoms with Crippen LogP contribution in [0.15, 0.2) is 23.0 Å². The number of hydrogen-bond donors (Lipinski definition) is 3. The number of imidazole rings is 1. The Morgan fingerprint density at radius 2 is 2.17 bits per heavy atom. The fourth-order valence-electron chi connectivity index (χ4n) is 1.74. The van der Waals surface area contributed by atoms with Gasteiger partial charge < -0.3 is 15.4 Å². The number of H-pyrrole nitrogens is 1. The van der Waals surface area contributed by atoms with Crippen LogP contribution in [0.1, 0.15) is 10.4 Å². The molecule has 0 aliphatic heterocycles. The molecule has 0 saturated carbocycles. The van der Waals surface area contributed by atoms with Crippen molar-refractivity contribution >= 4 is 22.9 Å².